The van der Waals surface area contributed by atoms with Gasteiger partial charge in [0.15, 0.2) is 5.69 Å². The minimum Gasteiger partial charge on any atom is -0.339 e. The number of benzene rings is 2. The molecule has 2 heterocycles. The third kappa shape index (κ3) is 4.49. The topological polar surface area (TPSA) is 98.7 Å². The largest absolute Gasteiger partial charge is 0.339 e. The van der Waals surface area contributed by atoms with Crippen LogP contribution in [-0.2, 0) is 6.54 Å². The molecule has 0 saturated heterocycles. The Labute approximate surface area is 171 Å². The Morgan fingerprint density at radius 1 is 1.17 bits per heavy atom. The van der Waals surface area contributed by atoms with Crippen molar-refractivity contribution < 1.29 is 9.32 Å². The van der Waals surface area contributed by atoms with Gasteiger partial charge in [0.25, 0.3) is 5.91 Å². The lowest BCUT2D eigenvalue weighted by atomic mass is 10.2. The number of hydrogen-bond acceptors (Lipinski definition) is 6. The lowest BCUT2D eigenvalue weighted by Crippen LogP contribution is -2.27. The summed E-state index contributed by atoms with van der Waals surface area (Å²) in [6.07, 6.45) is 1.58. The highest BCUT2D eigenvalue weighted by Gasteiger charge is 2.20. The molecule has 2 aromatic heterocycles. The van der Waals surface area contributed by atoms with E-state index in [1.54, 1.807) is 29.9 Å². The van der Waals surface area contributed by atoms with E-state index in [4.69, 9.17) is 16.1 Å². The van der Waals surface area contributed by atoms with Gasteiger partial charge in [0, 0.05) is 10.6 Å². The third-order valence-corrected chi connectivity index (χ3v) is 4.47. The first-order valence-electron chi connectivity index (χ1n) is 8.93. The number of halogens is 1. The lowest BCUT2D eigenvalue weighted by molar-refractivity contribution is 0.0927. The summed E-state index contributed by atoms with van der Waals surface area (Å²) in [5.41, 5.74) is 2.04. The number of aromatic nitrogens is 5. The molecule has 4 aromatic rings. The Hall–Kier alpha value is -3.52. The fourth-order valence-corrected chi connectivity index (χ4v) is 2.83. The molecular weight excluding hydrogens is 392 g/mol. The van der Waals surface area contributed by atoms with E-state index in [0.717, 1.165) is 11.1 Å². The summed E-state index contributed by atoms with van der Waals surface area (Å²) < 4.78 is 6.87. The van der Waals surface area contributed by atoms with Crippen molar-refractivity contribution in [3.05, 3.63) is 83.0 Å². The van der Waals surface area contributed by atoms with Gasteiger partial charge in [-0.1, -0.05) is 64.4 Å². The van der Waals surface area contributed by atoms with Crippen molar-refractivity contribution in [1.82, 2.24) is 30.5 Å². The Morgan fingerprint density at radius 3 is 2.69 bits per heavy atom. The Balaban J connectivity index is 1.40. The summed E-state index contributed by atoms with van der Waals surface area (Å²) in [5, 5.41) is 15.4. The third-order valence-electron chi connectivity index (χ3n) is 4.22. The van der Waals surface area contributed by atoms with Gasteiger partial charge in [-0.2, -0.15) is 4.98 Å². The maximum absolute atomic E-state index is 12.5. The molecule has 1 atom stereocenters. The first-order chi connectivity index (χ1) is 14.1. The van der Waals surface area contributed by atoms with Gasteiger partial charge in [-0.25, -0.2) is 4.68 Å². The number of hydrogen-bond donors (Lipinski definition) is 1. The molecule has 1 unspecified atom stereocenters. The zero-order valence-corrected chi connectivity index (χ0v) is 16.2. The minimum absolute atomic E-state index is 0.202. The molecule has 0 spiro atoms. The molecule has 0 aliphatic heterocycles. The van der Waals surface area contributed by atoms with Crippen LogP contribution in [0.3, 0.4) is 0 Å². The van der Waals surface area contributed by atoms with Crippen molar-refractivity contribution in [2.45, 2.75) is 19.5 Å². The molecule has 1 N–H and O–H groups in total. The van der Waals surface area contributed by atoms with Gasteiger partial charge < -0.3 is 9.84 Å². The van der Waals surface area contributed by atoms with E-state index in [1.165, 1.54) is 0 Å². The van der Waals surface area contributed by atoms with E-state index in [0.29, 0.717) is 23.3 Å². The molecule has 29 heavy (non-hydrogen) atoms. The molecule has 4 rings (SSSR count). The number of nitrogens with zero attached hydrogens (tertiary/aromatic N) is 5. The second-order valence-corrected chi connectivity index (χ2v) is 6.88. The minimum atomic E-state index is -0.478. The van der Waals surface area contributed by atoms with Gasteiger partial charge in [-0.05, 0) is 24.6 Å². The van der Waals surface area contributed by atoms with Gasteiger partial charge in [0.2, 0.25) is 11.7 Å². The molecule has 1 amide bonds. The fraction of sp³-hybridized carbons (Fsp3) is 0.150. The van der Waals surface area contributed by atoms with Crippen LogP contribution >= 0.6 is 11.6 Å². The van der Waals surface area contributed by atoms with Crippen LogP contribution in [-0.4, -0.2) is 31.0 Å². The van der Waals surface area contributed by atoms with E-state index < -0.39 is 6.04 Å². The number of nitrogens with one attached hydrogen (secondary N) is 1. The maximum atomic E-state index is 12.5. The molecule has 0 aliphatic rings. The van der Waals surface area contributed by atoms with E-state index in [1.807, 2.05) is 42.5 Å². The predicted octanol–water partition coefficient (Wildman–Crippen LogP) is 3.52. The van der Waals surface area contributed by atoms with Crippen molar-refractivity contribution in [3.63, 3.8) is 0 Å². The van der Waals surface area contributed by atoms with Crippen molar-refractivity contribution in [1.29, 1.82) is 0 Å². The van der Waals surface area contributed by atoms with Crippen molar-refractivity contribution in [3.8, 4) is 11.4 Å². The van der Waals surface area contributed by atoms with Crippen LogP contribution in [0.5, 0.6) is 0 Å². The van der Waals surface area contributed by atoms with Crippen molar-refractivity contribution in [2.75, 3.05) is 0 Å². The molecule has 0 bridgehead atoms. The summed E-state index contributed by atoms with van der Waals surface area (Å²) in [4.78, 5) is 16.8. The summed E-state index contributed by atoms with van der Waals surface area (Å²) >= 11 is 5.89. The SMILES string of the molecule is CC(NC(=O)c1cn(Cc2ccc(Cl)cc2)nn1)c1nc(-c2ccccc2)no1. The molecule has 0 radical (unpaired) electrons. The second-order valence-electron chi connectivity index (χ2n) is 6.45. The van der Waals surface area contributed by atoms with Crippen LogP contribution in [0, 0.1) is 0 Å². The highest BCUT2D eigenvalue weighted by molar-refractivity contribution is 6.30. The van der Waals surface area contributed by atoms with Gasteiger partial charge in [0.05, 0.1) is 12.7 Å². The van der Waals surface area contributed by atoms with Crippen LogP contribution in [0.25, 0.3) is 11.4 Å². The molecule has 0 aliphatic carbocycles. The molecule has 146 valence electrons. The summed E-state index contributed by atoms with van der Waals surface area (Å²) in [7, 11) is 0. The zero-order valence-electron chi connectivity index (χ0n) is 15.5. The maximum Gasteiger partial charge on any atom is 0.274 e. The highest BCUT2D eigenvalue weighted by Crippen LogP contribution is 2.18. The second kappa shape index (κ2) is 8.24. The highest BCUT2D eigenvalue weighted by atomic mass is 35.5. The quantitative estimate of drug-likeness (QED) is 0.524. The number of amides is 1. The van der Waals surface area contributed by atoms with Crippen molar-refractivity contribution in [2.24, 2.45) is 0 Å². The zero-order chi connectivity index (χ0) is 20.2. The average Bonchev–Trinajstić information content (AvgIpc) is 3.40. The molecular formula is C20H17ClN6O2. The Kier molecular flexibility index (Phi) is 5.35. The van der Waals surface area contributed by atoms with E-state index >= 15 is 0 Å². The van der Waals surface area contributed by atoms with E-state index in [2.05, 4.69) is 25.8 Å². The van der Waals surface area contributed by atoms with E-state index in [-0.39, 0.29) is 11.6 Å². The average molecular weight is 409 g/mol. The number of carbonyl (C=O) groups excluding carboxylic acids is 1. The van der Waals surface area contributed by atoms with Gasteiger partial charge >= 0.3 is 0 Å². The monoisotopic (exact) mass is 408 g/mol. The lowest BCUT2D eigenvalue weighted by Gasteiger charge is -2.07. The molecule has 8 nitrogen and oxygen atoms in total. The van der Waals surface area contributed by atoms with Crippen LogP contribution in [0.1, 0.15) is 34.9 Å². The van der Waals surface area contributed by atoms with E-state index in [9.17, 15) is 4.79 Å². The summed E-state index contributed by atoms with van der Waals surface area (Å²) in [6.45, 7) is 2.25. The van der Waals surface area contributed by atoms with Crippen molar-refractivity contribution >= 4 is 17.5 Å². The number of carbonyl (C=O) groups is 1. The van der Waals surface area contributed by atoms with Gasteiger partial charge in [-0.15, -0.1) is 5.10 Å². The predicted molar refractivity (Wildman–Crippen MR) is 106 cm³/mol. The van der Waals surface area contributed by atoms with Crippen LogP contribution in [0.4, 0.5) is 0 Å². The fourth-order valence-electron chi connectivity index (χ4n) is 2.70. The molecule has 9 heteroatoms. The number of rotatable bonds is 6. The smallest absolute Gasteiger partial charge is 0.274 e. The van der Waals surface area contributed by atoms with Gasteiger partial charge in [-0.3, -0.25) is 4.79 Å². The summed E-state index contributed by atoms with van der Waals surface area (Å²) in [6, 6.07) is 16.4. The summed E-state index contributed by atoms with van der Waals surface area (Å²) in [5.74, 6) is 0.403. The standard InChI is InChI=1S/C20H17ClN6O2/c1-13(20-23-18(25-29-20)15-5-3-2-4-6-15)22-19(28)17-12-27(26-24-17)11-14-7-9-16(21)10-8-14/h2-10,12-13H,11H2,1H3,(H,22,28). The molecule has 0 saturated carbocycles. The first-order valence-corrected chi connectivity index (χ1v) is 9.31. The Morgan fingerprint density at radius 2 is 1.93 bits per heavy atom. The van der Waals surface area contributed by atoms with Crippen LogP contribution in [0.2, 0.25) is 5.02 Å². The Bertz CT molecular complexity index is 1110. The first kappa shape index (κ1) is 18.8. The van der Waals surface area contributed by atoms with Crippen LogP contribution in [0.15, 0.2) is 65.3 Å². The normalized spacial score (nSPS) is 11.9. The molecule has 0 fully saturated rings. The van der Waals surface area contributed by atoms with Gasteiger partial charge in [0.1, 0.15) is 6.04 Å². The molecule has 2 aromatic carbocycles. The van der Waals surface area contributed by atoms with Crippen LogP contribution < -0.4 is 5.32 Å².